The van der Waals surface area contributed by atoms with Gasteiger partial charge in [-0.05, 0) is 12.1 Å². The summed E-state index contributed by atoms with van der Waals surface area (Å²) in [5.74, 6) is -0.362. The summed E-state index contributed by atoms with van der Waals surface area (Å²) in [6.45, 7) is 0.286. The number of nitriles is 1. The molecule has 0 aliphatic heterocycles. The summed E-state index contributed by atoms with van der Waals surface area (Å²) in [5.41, 5.74) is 0.249. The molecule has 1 heterocycles. The van der Waals surface area contributed by atoms with Gasteiger partial charge in [-0.3, -0.25) is 4.79 Å². The Morgan fingerprint density at radius 2 is 2.27 bits per heavy atom. The van der Waals surface area contributed by atoms with Crippen LogP contribution in [-0.4, -0.2) is 17.4 Å². The maximum Gasteiger partial charge on any atom is 0.254 e. The van der Waals surface area contributed by atoms with Crippen molar-refractivity contribution in [1.29, 1.82) is 5.26 Å². The van der Waals surface area contributed by atoms with Crippen LogP contribution in [0.15, 0.2) is 12.1 Å². The molecule has 1 N–H and O–H groups in total. The molecular formula is C9H7Cl2N3O. The van der Waals surface area contributed by atoms with E-state index >= 15 is 0 Å². The van der Waals surface area contributed by atoms with E-state index in [-0.39, 0.29) is 34.7 Å². The third-order valence-corrected chi connectivity index (χ3v) is 2.08. The number of rotatable bonds is 3. The summed E-state index contributed by atoms with van der Waals surface area (Å²) in [5, 5.41) is 11.1. The van der Waals surface area contributed by atoms with Gasteiger partial charge in [0, 0.05) is 6.54 Å². The van der Waals surface area contributed by atoms with Crippen LogP contribution in [0.25, 0.3) is 0 Å². The second-order valence-corrected chi connectivity index (χ2v) is 3.38. The Balaban J connectivity index is 2.70. The highest BCUT2D eigenvalue weighted by Gasteiger charge is 2.10. The molecule has 1 aromatic rings. The van der Waals surface area contributed by atoms with Crippen LogP contribution >= 0.6 is 23.2 Å². The zero-order chi connectivity index (χ0) is 11.3. The summed E-state index contributed by atoms with van der Waals surface area (Å²) < 4.78 is 0. The number of amides is 1. The van der Waals surface area contributed by atoms with E-state index in [9.17, 15) is 4.79 Å². The molecule has 4 nitrogen and oxygen atoms in total. The van der Waals surface area contributed by atoms with E-state index in [2.05, 4.69) is 10.3 Å². The van der Waals surface area contributed by atoms with Crippen molar-refractivity contribution >= 4 is 29.1 Å². The molecule has 1 aromatic heterocycles. The maximum atomic E-state index is 11.5. The SMILES string of the molecule is N#CCCNC(=O)c1ccc(Cl)nc1Cl. The number of pyridine rings is 1. The fraction of sp³-hybridized carbons (Fsp3) is 0.222. The summed E-state index contributed by atoms with van der Waals surface area (Å²) >= 11 is 11.3. The Hall–Kier alpha value is -1.31. The van der Waals surface area contributed by atoms with Crippen molar-refractivity contribution in [3.63, 3.8) is 0 Å². The molecular weight excluding hydrogens is 237 g/mol. The van der Waals surface area contributed by atoms with E-state index in [1.165, 1.54) is 12.1 Å². The van der Waals surface area contributed by atoms with Crippen molar-refractivity contribution in [2.45, 2.75) is 6.42 Å². The van der Waals surface area contributed by atoms with Gasteiger partial charge in [-0.15, -0.1) is 0 Å². The van der Waals surface area contributed by atoms with Gasteiger partial charge in [-0.2, -0.15) is 5.26 Å². The van der Waals surface area contributed by atoms with Crippen LogP contribution in [0, 0.1) is 11.3 Å². The largest absolute Gasteiger partial charge is 0.351 e. The Bertz CT molecular complexity index is 414. The lowest BCUT2D eigenvalue weighted by molar-refractivity contribution is 0.0954. The van der Waals surface area contributed by atoms with Gasteiger partial charge in [-0.25, -0.2) is 4.98 Å². The molecule has 0 bridgehead atoms. The number of carbonyl (C=O) groups is 1. The maximum absolute atomic E-state index is 11.5. The zero-order valence-corrected chi connectivity index (χ0v) is 9.14. The van der Waals surface area contributed by atoms with Gasteiger partial charge in [0.15, 0.2) is 0 Å². The van der Waals surface area contributed by atoms with E-state index in [1.807, 2.05) is 6.07 Å². The average Bonchev–Trinajstić information content (AvgIpc) is 2.17. The molecule has 0 spiro atoms. The molecule has 6 heteroatoms. The first-order valence-corrected chi connectivity index (χ1v) is 4.88. The molecule has 0 radical (unpaired) electrons. The number of hydrogen-bond acceptors (Lipinski definition) is 3. The van der Waals surface area contributed by atoms with Crippen LogP contribution in [-0.2, 0) is 0 Å². The third-order valence-electron chi connectivity index (χ3n) is 1.58. The van der Waals surface area contributed by atoms with E-state index in [0.717, 1.165) is 0 Å². The predicted molar refractivity (Wildman–Crippen MR) is 56.8 cm³/mol. The van der Waals surface area contributed by atoms with Crippen molar-refractivity contribution in [1.82, 2.24) is 10.3 Å². The molecule has 1 amide bonds. The second-order valence-electron chi connectivity index (χ2n) is 2.64. The first-order chi connectivity index (χ1) is 7.15. The quantitative estimate of drug-likeness (QED) is 0.653. The van der Waals surface area contributed by atoms with Crippen molar-refractivity contribution in [2.24, 2.45) is 0 Å². The average molecular weight is 244 g/mol. The monoisotopic (exact) mass is 243 g/mol. The highest BCUT2D eigenvalue weighted by Crippen LogP contribution is 2.16. The smallest absolute Gasteiger partial charge is 0.254 e. The summed E-state index contributed by atoms with van der Waals surface area (Å²) in [6.07, 6.45) is 0.254. The van der Waals surface area contributed by atoms with Crippen molar-refractivity contribution in [2.75, 3.05) is 6.54 Å². The molecule has 0 unspecified atom stereocenters. The summed E-state index contributed by atoms with van der Waals surface area (Å²) in [7, 11) is 0. The van der Waals surface area contributed by atoms with Gasteiger partial charge in [0.05, 0.1) is 18.1 Å². The Labute approximate surface area is 96.8 Å². The summed E-state index contributed by atoms with van der Waals surface area (Å²) in [4.78, 5) is 15.2. The van der Waals surface area contributed by atoms with Crippen molar-refractivity contribution in [3.05, 3.63) is 28.0 Å². The van der Waals surface area contributed by atoms with Crippen LogP contribution in [0.3, 0.4) is 0 Å². The Kier molecular flexibility index (Phi) is 4.35. The summed E-state index contributed by atoms with van der Waals surface area (Å²) in [6, 6.07) is 4.88. The number of aromatic nitrogens is 1. The molecule has 78 valence electrons. The number of carbonyl (C=O) groups excluding carboxylic acids is 1. The number of halogens is 2. The van der Waals surface area contributed by atoms with Crippen molar-refractivity contribution < 1.29 is 4.79 Å². The lowest BCUT2D eigenvalue weighted by Gasteiger charge is -2.04. The van der Waals surface area contributed by atoms with Gasteiger partial charge in [0.2, 0.25) is 0 Å². The second kappa shape index (κ2) is 5.54. The van der Waals surface area contributed by atoms with Gasteiger partial charge in [-0.1, -0.05) is 23.2 Å². The van der Waals surface area contributed by atoms with E-state index in [0.29, 0.717) is 0 Å². The number of hydrogen-bond donors (Lipinski definition) is 1. The molecule has 0 aliphatic rings. The van der Waals surface area contributed by atoms with Gasteiger partial charge in [0.25, 0.3) is 5.91 Å². The lowest BCUT2D eigenvalue weighted by atomic mass is 10.2. The molecule has 1 rings (SSSR count). The predicted octanol–water partition coefficient (Wildman–Crippen LogP) is 2.03. The van der Waals surface area contributed by atoms with E-state index in [1.54, 1.807) is 0 Å². The first-order valence-electron chi connectivity index (χ1n) is 4.12. The molecule has 0 atom stereocenters. The van der Waals surface area contributed by atoms with E-state index in [4.69, 9.17) is 28.5 Å². The highest BCUT2D eigenvalue weighted by molar-refractivity contribution is 6.34. The van der Waals surface area contributed by atoms with Crippen LogP contribution in [0.1, 0.15) is 16.8 Å². The minimum absolute atomic E-state index is 0.0527. The van der Waals surface area contributed by atoms with Crippen LogP contribution in [0.4, 0.5) is 0 Å². The fourth-order valence-electron chi connectivity index (χ4n) is 0.909. The minimum atomic E-state index is -0.362. The van der Waals surface area contributed by atoms with Crippen LogP contribution in [0.5, 0.6) is 0 Å². The zero-order valence-electron chi connectivity index (χ0n) is 7.63. The molecule has 0 aromatic carbocycles. The Morgan fingerprint density at radius 3 is 2.87 bits per heavy atom. The number of nitrogens with zero attached hydrogens (tertiary/aromatic N) is 2. The molecule has 0 saturated carbocycles. The number of nitrogens with one attached hydrogen (secondary N) is 1. The molecule has 15 heavy (non-hydrogen) atoms. The highest BCUT2D eigenvalue weighted by atomic mass is 35.5. The minimum Gasteiger partial charge on any atom is -0.351 e. The van der Waals surface area contributed by atoms with Crippen LogP contribution < -0.4 is 5.32 Å². The molecule has 0 aliphatic carbocycles. The van der Waals surface area contributed by atoms with E-state index < -0.39 is 0 Å². The fourth-order valence-corrected chi connectivity index (χ4v) is 1.34. The normalized spacial score (nSPS) is 9.40. The standard InChI is InChI=1S/C9H7Cl2N3O/c10-7-3-2-6(8(11)14-7)9(15)13-5-1-4-12/h2-3H,1,5H2,(H,13,15). The Morgan fingerprint density at radius 1 is 1.53 bits per heavy atom. The van der Waals surface area contributed by atoms with Gasteiger partial charge < -0.3 is 5.32 Å². The van der Waals surface area contributed by atoms with Gasteiger partial charge >= 0.3 is 0 Å². The van der Waals surface area contributed by atoms with Gasteiger partial charge in [0.1, 0.15) is 10.3 Å². The van der Waals surface area contributed by atoms with Crippen molar-refractivity contribution in [3.8, 4) is 6.07 Å². The lowest BCUT2D eigenvalue weighted by Crippen LogP contribution is -2.24. The molecule has 0 saturated heterocycles. The van der Waals surface area contributed by atoms with Crippen LogP contribution in [0.2, 0.25) is 10.3 Å². The molecule has 0 fully saturated rings. The third kappa shape index (κ3) is 3.39. The first kappa shape index (κ1) is 11.8. The topological polar surface area (TPSA) is 65.8 Å².